The number of benzene rings is 1. The molecule has 0 saturated heterocycles. The molecule has 0 amide bonds. The first-order chi connectivity index (χ1) is 7.89. The summed E-state index contributed by atoms with van der Waals surface area (Å²) >= 11 is 0. The summed E-state index contributed by atoms with van der Waals surface area (Å²) in [7, 11) is 0. The summed E-state index contributed by atoms with van der Waals surface area (Å²) in [6, 6.07) is 8.65. The van der Waals surface area contributed by atoms with Gasteiger partial charge in [0.05, 0.1) is 0 Å². The molecule has 0 bridgehead atoms. The molecule has 4 nitrogen and oxygen atoms in total. The van der Waals surface area contributed by atoms with Crippen LogP contribution in [0.3, 0.4) is 0 Å². The van der Waals surface area contributed by atoms with E-state index in [-0.39, 0.29) is 11.4 Å². The molecule has 0 unspecified atom stereocenters. The van der Waals surface area contributed by atoms with E-state index in [4.69, 9.17) is 11.5 Å². The van der Waals surface area contributed by atoms with E-state index in [0.29, 0.717) is 0 Å². The van der Waals surface area contributed by atoms with Gasteiger partial charge in [0.15, 0.2) is 0 Å². The van der Waals surface area contributed by atoms with Crippen LogP contribution < -0.4 is 16.9 Å². The number of rotatable bonds is 4. The molecule has 0 aromatic heterocycles. The normalized spacial score (nSPS) is 11.0. The van der Waals surface area contributed by atoms with Crippen molar-refractivity contribution in [2.45, 2.75) is 32.6 Å². The van der Waals surface area contributed by atoms with E-state index in [2.05, 4.69) is 55.6 Å². The minimum Gasteiger partial charge on any atom is -0.369 e. The van der Waals surface area contributed by atoms with Gasteiger partial charge in [0, 0.05) is 6.54 Å². The highest BCUT2D eigenvalue weighted by atomic mass is 15.3. The molecule has 0 spiro atoms. The minimum absolute atomic E-state index is 0.0630. The monoisotopic (exact) mass is 234 g/mol. The first-order valence-corrected chi connectivity index (χ1v) is 5.80. The van der Waals surface area contributed by atoms with Crippen molar-refractivity contribution in [1.82, 2.24) is 5.43 Å². The highest BCUT2D eigenvalue weighted by Gasteiger charge is 2.12. The number of nitrogens with two attached hydrogens (primary N) is 2. The molecule has 1 aromatic carbocycles. The molecule has 0 aliphatic heterocycles. The second-order valence-corrected chi connectivity index (χ2v) is 5.14. The van der Waals surface area contributed by atoms with Gasteiger partial charge < -0.3 is 16.9 Å². The fourth-order valence-electron chi connectivity index (χ4n) is 1.52. The maximum Gasteiger partial charge on any atom is 0.208 e. The van der Waals surface area contributed by atoms with Gasteiger partial charge in [0.2, 0.25) is 5.96 Å². The summed E-state index contributed by atoms with van der Waals surface area (Å²) in [5.74, 6) is 0.0630. The van der Waals surface area contributed by atoms with Gasteiger partial charge in [-0.05, 0) is 23.0 Å². The smallest absolute Gasteiger partial charge is 0.208 e. The molecule has 0 aliphatic carbocycles. The van der Waals surface area contributed by atoms with E-state index in [1.807, 2.05) is 0 Å². The van der Waals surface area contributed by atoms with Crippen LogP contribution in [0.5, 0.6) is 0 Å². The number of hydrogen-bond donors (Lipinski definition) is 3. The quantitative estimate of drug-likeness (QED) is 0.318. The summed E-state index contributed by atoms with van der Waals surface area (Å²) in [5, 5.41) is 3.72. The second-order valence-electron chi connectivity index (χ2n) is 5.14. The number of nitrogens with zero attached hydrogens (tertiary/aromatic N) is 1. The summed E-state index contributed by atoms with van der Waals surface area (Å²) in [5.41, 5.74) is 16.0. The molecule has 1 aromatic rings. The van der Waals surface area contributed by atoms with Crippen LogP contribution in [-0.2, 0) is 11.8 Å². The molecule has 1 rings (SSSR count). The van der Waals surface area contributed by atoms with Crippen molar-refractivity contribution in [3.05, 3.63) is 35.4 Å². The van der Waals surface area contributed by atoms with Gasteiger partial charge in [0.25, 0.3) is 0 Å². The molecule has 5 N–H and O–H groups in total. The minimum atomic E-state index is 0.0630. The van der Waals surface area contributed by atoms with Gasteiger partial charge >= 0.3 is 0 Å². The van der Waals surface area contributed by atoms with E-state index in [0.717, 1.165) is 13.0 Å². The summed E-state index contributed by atoms with van der Waals surface area (Å²) in [4.78, 5) is 0. The molecule has 4 heteroatoms. The van der Waals surface area contributed by atoms with E-state index in [1.54, 1.807) is 0 Å². The van der Waals surface area contributed by atoms with Crippen LogP contribution in [0.15, 0.2) is 29.4 Å². The predicted octanol–water partition coefficient (Wildman–Crippen LogP) is 1.30. The van der Waals surface area contributed by atoms with Crippen molar-refractivity contribution in [2.75, 3.05) is 6.54 Å². The topological polar surface area (TPSA) is 76.4 Å². The van der Waals surface area contributed by atoms with Gasteiger partial charge in [0.1, 0.15) is 0 Å². The molecule has 0 heterocycles. The molecular weight excluding hydrogens is 212 g/mol. The van der Waals surface area contributed by atoms with E-state index in [1.165, 1.54) is 11.1 Å². The van der Waals surface area contributed by atoms with Crippen molar-refractivity contribution < 1.29 is 0 Å². The Morgan fingerprint density at radius 3 is 2.24 bits per heavy atom. The van der Waals surface area contributed by atoms with Crippen molar-refractivity contribution in [1.29, 1.82) is 0 Å². The lowest BCUT2D eigenvalue weighted by atomic mass is 9.86. The van der Waals surface area contributed by atoms with Crippen molar-refractivity contribution in [3.63, 3.8) is 0 Å². The Bertz CT molecular complexity index is 369. The average molecular weight is 234 g/mol. The van der Waals surface area contributed by atoms with Gasteiger partial charge in [-0.15, -0.1) is 5.10 Å². The molecular formula is C13H22N4. The van der Waals surface area contributed by atoms with Crippen LogP contribution in [0.25, 0.3) is 0 Å². The highest BCUT2D eigenvalue weighted by Crippen LogP contribution is 2.22. The van der Waals surface area contributed by atoms with Crippen molar-refractivity contribution in [2.24, 2.45) is 16.6 Å². The molecule has 0 saturated carbocycles. The zero-order valence-corrected chi connectivity index (χ0v) is 10.8. The zero-order valence-electron chi connectivity index (χ0n) is 10.8. The van der Waals surface area contributed by atoms with Gasteiger partial charge in [-0.3, -0.25) is 0 Å². The Morgan fingerprint density at radius 1 is 1.18 bits per heavy atom. The Labute approximate surface area is 103 Å². The van der Waals surface area contributed by atoms with E-state index >= 15 is 0 Å². The predicted molar refractivity (Wildman–Crippen MR) is 72.7 cm³/mol. The van der Waals surface area contributed by atoms with Crippen LogP contribution in [0.1, 0.15) is 31.9 Å². The zero-order chi connectivity index (χ0) is 12.9. The number of hydrazone groups is 1. The fraction of sp³-hybridized carbons (Fsp3) is 0.462. The van der Waals surface area contributed by atoms with Crippen molar-refractivity contribution in [3.8, 4) is 0 Å². The van der Waals surface area contributed by atoms with Gasteiger partial charge in [-0.2, -0.15) is 0 Å². The van der Waals surface area contributed by atoms with E-state index in [9.17, 15) is 0 Å². The summed E-state index contributed by atoms with van der Waals surface area (Å²) < 4.78 is 0. The third-order valence-electron chi connectivity index (χ3n) is 2.55. The molecule has 17 heavy (non-hydrogen) atoms. The lowest BCUT2D eigenvalue weighted by molar-refractivity contribution is 0.590. The Hall–Kier alpha value is -1.71. The van der Waals surface area contributed by atoms with Crippen LogP contribution in [0.4, 0.5) is 0 Å². The van der Waals surface area contributed by atoms with Crippen LogP contribution >= 0.6 is 0 Å². The molecule has 0 aliphatic rings. The molecule has 94 valence electrons. The Kier molecular flexibility index (Phi) is 4.37. The lowest BCUT2D eigenvalue weighted by Gasteiger charge is -2.19. The fourth-order valence-corrected chi connectivity index (χ4v) is 1.52. The van der Waals surface area contributed by atoms with Crippen molar-refractivity contribution >= 4 is 5.96 Å². The summed E-state index contributed by atoms with van der Waals surface area (Å²) in [6.45, 7) is 7.36. The number of hydrogen-bond acceptors (Lipinski definition) is 2. The molecule has 0 atom stereocenters. The largest absolute Gasteiger partial charge is 0.369 e. The maximum atomic E-state index is 5.20. The van der Waals surface area contributed by atoms with Crippen LogP contribution in [0.2, 0.25) is 0 Å². The van der Waals surface area contributed by atoms with Gasteiger partial charge in [-0.1, -0.05) is 45.0 Å². The third-order valence-corrected chi connectivity index (χ3v) is 2.55. The third kappa shape index (κ3) is 4.76. The Balaban J connectivity index is 2.49. The first kappa shape index (κ1) is 13.4. The highest BCUT2D eigenvalue weighted by molar-refractivity contribution is 5.75. The molecule has 0 radical (unpaired) electrons. The standard InChI is InChI=1S/C13H22N4/c1-13(2,3)11-6-4-10(5-7-11)8-9-16-17-12(14)15/h4-7,16H,8-9H2,1-3H3,(H4,14,15,17). The van der Waals surface area contributed by atoms with Gasteiger partial charge in [-0.25, -0.2) is 0 Å². The second kappa shape index (κ2) is 5.57. The first-order valence-electron chi connectivity index (χ1n) is 5.80. The number of guanidine groups is 1. The molecule has 0 fully saturated rings. The SMILES string of the molecule is CC(C)(C)c1ccc(CCNN=C(N)N)cc1. The Morgan fingerprint density at radius 2 is 1.76 bits per heavy atom. The van der Waals surface area contributed by atoms with Crippen LogP contribution in [0, 0.1) is 0 Å². The number of nitrogens with one attached hydrogen (secondary N) is 1. The maximum absolute atomic E-state index is 5.20. The lowest BCUT2D eigenvalue weighted by Crippen LogP contribution is -2.27. The van der Waals surface area contributed by atoms with E-state index < -0.39 is 0 Å². The average Bonchev–Trinajstić information content (AvgIpc) is 2.23. The van der Waals surface area contributed by atoms with Crippen LogP contribution in [-0.4, -0.2) is 12.5 Å². The summed E-state index contributed by atoms with van der Waals surface area (Å²) in [6.07, 6.45) is 0.904.